The zero-order valence-electron chi connectivity index (χ0n) is 13.0. The molecule has 1 aromatic heterocycles. The van der Waals surface area contributed by atoms with Crippen LogP contribution in [0.2, 0.25) is 15.1 Å². The molecule has 0 atom stereocenters. The Balaban J connectivity index is 2.45. The summed E-state index contributed by atoms with van der Waals surface area (Å²) in [6.07, 6.45) is 0.947. The van der Waals surface area contributed by atoms with Crippen LogP contribution in [-0.2, 0) is 0 Å². The third-order valence-corrected chi connectivity index (χ3v) is 4.56. The van der Waals surface area contributed by atoms with E-state index in [1.807, 2.05) is 19.1 Å². The van der Waals surface area contributed by atoms with Crippen molar-refractivity contribution in [2.45, 2.75) is 6.92 Å². The number of hydrogen-bond acceptors (Lipinski definition) is 3. The van der Waals surface area contributed by atoms with Gasteiger partial charge in [-0.15, -0.1) is 0 Å². The Morgan fingerprint density at radius 3 is 2.44 bits per heavy atom. The number of diazo groups is 1. The minimum Gasteiger partial charge on any atom is -0.501 e. The predicted octanol–water partition coefficient (Wildman–Crippen LogP) is 6.88. The van der Waals surface area contributed by atoms with Crippen LogP contribution < -0.4 is 0 Å². The summed E-state index contributed by atoms with van der Waals surface area (Å²) in [5.41, 5.74) is 3.04. The third-order valence-electron chi connectivity index (χ3n) is 3.81. The first-order valence-corrected chi connectivity index (χ1v) is 8.34. The van der Waals surface area contributed by atoms with Gasteiger partial charge in [-0.2, -0.15) is 0 Å². The number of pyridine rings is 1. The first kappa shape index (κ1) is 17.5. The molecule has 0 bridgehead atoms. The average molecular weight is 392 g/mol. The van der Waals surface area contributed by atoms with Gasteiger partial charge in [-0.25, -0.2) is 4.98 Å². The third kappa shape index (κ3) is 3.27. The molecule has 124 valence electrons. The van der Waals surface area contributed by atoms with E-state index in [1.54, 1.807) is 24.3 Å². The summed E-state index contributed by atoms with van der Waals surface area (Å²) in [5.74, 6) is -0.221. The highest BCUT2D eigenvalue weighted by Crippen LogP contribution is 2.37. The normalized spacial score (nSPS) is 11.6. The smallest absolute Gasteiger partial charge is 0.392 e. The molecule has 0 spiro atoms. The van der Waals surface area contributed by atoms with Crippen molar-refractivity contribution in [3.63, 3.8) is 0 Å². The second kappa shape index (κ2) is 6.89. The lowest BCUT2D eigenvalue weighted by molar-refractivity contribution is 0.512. The maximum absolute atomic E-state index is 10.4. The van der Waals surface area contributed by atoms with Gasteiger partial charge in [0.1, 0.15) is 0 Å². The number of fused-ring (bicyclic) bond motifs is 1. The SMILES string of the molecule is Cc1c(-c2ccc(Cl)cc2)nc2c(Cl)cc(Cl)cc2c1/C(O)=C\[N+]#N. The molecular weight excluding hydrogens is 381 g/mol. The second-order valence-corrected chi connectivity index (χ2v) is 6.66. The zero-order valence-corrected chi connectivity index (χ0v) is 15.2. The van der Waals surface area contributed by atoms with Crippen molar-refractivity contribution in [3.05, 3.63) is 73.8 Å². The molecule has 3 aromatic rings. The van der Waals surface area contributed by atoms with Crippen molar-refractivity contribution in [3.8, 4) is 11.3 Å². The van der Waals surface area contributed by atoms with Crippen molar-refractivity contribution in [2.75, 3.05) is 0 Å². The topological polar surface area (TPSA) is 61.3 Å². The average Bonchev–Trinajstić information content (AvgIpc) is 2.55. The van der Waals surface area contributed by atoms with E-state index in [1.165, 1.54) is 0 Å². The first-order valence-electron chi connectivity index (χ1n) is 7.21. The number of aliphatic hydroxyl groups is 1. The van der Waals surface area contributed by atoms with Crippen LogP contribution in [-0.4, -0.2) is 10.1 Å². The van der Waals surface area contributed by atoms with Crippen LogP contribution in [0.15, 0.2) is 42.6 Å². The van der Waals surface area contributed by atoms with Crippen molar-refractivity contribution < 1.29 is 5.11 Å². The quantitative estimate of drug-likeness (QED) is 0.382. The van der Waals surface area contributed by atoms with Crippen LogP contribution in [0.4, 0.5) is 0 Å². The van der Waals surface area contributed by atoms with Gasteiger partial charge in [0.2, 0.25) is 11.2 Å². The molecule has 0 radical (unpaired) electrons. The van der Waals surface area contributed by atoms with Crippen LogP contribution in [0.5, 0.6) is 0 Å². The van der Waals surface area contributed by atoms with Crippen LogP contribution >= 0.6 is 34.8 Å². The number of aromatic nitrogens is 1. The Kier molecular flexibility index (Phi) is 4.82. The number of nitrogens with zero attached hydrogens (tertiary/aromatic N) is 3. The van der Waals surface area contributed by atoms with E-state index >= 15 is 0 Å². The molecule has 0 aliphatic rings. The second-order valence-electron chi connectivity index (χ2n) is 5.38. The molecule has 1 heterocycles. The van der Waals surface area contributed by atoms with E-state index in [0.29, 0.717) is 42.8 Å². The molecule has 0 saturated carbocycles. The van der Waals surface area contributed by atoms with E-state index in [-0.39, 0.29) is 5.76 Å². The molecular formula is C18H11Cl3N3O+. The highest BCUT2D eigenvalue weighted by Gasteiger charge is 2.20. The lowest BCUT2D eigenvalue weighted by Gasteiger charge is -2.14. The summed E-state index contributed by atoms with van der Waals surface area (Å²) in [6, 6.07) is 10.4. The Hall–Kier alpha value is -2.32. The van der Waals surface area contributed by atoms with Gasteiger partial charge in [-0.05, 0) is 36.8 Å². The molecule has 0 fully saturated rings. The fourth-order valence-corrected chi connectivity index (χ4v) is 3.39. The maximum Gasteiger partial charge on any atom is 0.392 e. The van der Waals surface area contributed by atoms with Crippen molar-refractivity contribution >= 4 is 51.5 Å². The van der Waals surface area contributed by atoms with Crippen molar-refractivity contribution in [1.82, 2.24) is 4.98 Å². The molecule has 1 N–H and O–H groups in total. The molecule has 7 heteroatoms. The summed E-state index contributed by atoms with van der Waals surface area (Å²) in [4.78, 5) is 7.56. The maximum atomic E-state index is 10.4. The number of benzene rings is 2. The summed E-state index contributed by atoms with van der Waals surface area (Å²) in [6.45, 7) is 1.81. The van der Waals surface area contributed by atoms with Crippen LogP contribution in [0.3, 0.4) is 0 Å². The number of halogens is 3. The number of rotatable bonds is 2. The first-order chi connectivity index (χ1) is 11.9. The van der Waals surface area contributed by atoms with Gasteiger partial charge in [-0.1, -0.05) is 46.9 Å². The largest absolute Gasteiger partial charge is 0.501 e. The number of aliphatic hydroxyl groups excluding tert-OH is 1. The van der Waals surface area contributed by atoms with Crippen molar-refractivity contribution in [1.29, 1.82) is 5.39 Å². The lowest BCUT2D eigenvalue weighted by Crippen LogP contribution is -1.99. The van der Waals surface area contributed by atoms with Crippen LogP contribution in [0.1, 0.15) is 11.1 Å². The minimum atomic E-state index is -0.221. The van der Waals surface area contributed by atoms with Crippen LogP contribution in [0, 0.1) is 12.3 Å². The van der Waals surface area contributed by atoms with E-state index in [2.05, 4.69) is 9.96 Å². The van der Waals surface area contributed by atoms with Gasteiger partial charge < -0.3 is 5.11 Å². The molecule has 0 aliphatic carbocycles. The van der Waals surface area contributed by atoms with Gasteiger partial charge >= 0.3 is 6.20 Å². The Morgan fingerprint density at radius 1 is 1.12 bits per heavy atom. The molecule has 0 unspecified atom stereocenters. The summed E-state index contributed by atoms with van der Waals surface area (Å²) in [5, 5.41) is 21.1. The predicted molar refractivity (Wildman–Crippen MR) is 103 cm³/mol. The Labute approximate surface area is 158 Å². The monoisotopic (exact) mass is 390 g/mol. The zero-order chi connectivity index (χ0) is 18.1. The van der Waals surface area contributed by atoms with E-state index in [4.69, 9.17) is 40.2 Å². The summed E-state index contributed by atoms with van der Waals surface area (Å²) < 4.78 is 0. The standard InChI is InChI=1S/C18H10Cl3N3O/c1-9-16(15(25)8-23-22)13-6-12(20)7-14(21)18(13)24-17(9)10-2-4-11(19)5-3-10/h2-8H,1H3/p+1/b15-8+. The van der Waals surface area contributed by atoms with Crippen molar-refractivity contribution in [2.24, 2.45) is 0 Å². The van der Waals surface area contributed by atoms with E-state index in [9.17, 15) is 5.11 Å². The van der Waals surface area contributed by atoms with Gasteiger partial charge in [0.05, 0.1) is 16.2 Å². The molecule has 25 heavy (non-hydrogen) atoms. The molecule has 4 nitrogen and oxygen atoms in total. The molecule has 0 saturated heterocycles. The van der Waals surface area contributed by atoms with E-state index in [0.717, 1.165) is 11.8 Å². The molecule has 0 amide bonds. The number of hydrogen-bond donors (Lipinski definition) is 1. The van der Waals surface area contributed by atoms with Gasteiger partial charge in [0.15, 0.2) is 4.98 Å². The molecule has 2 aromatic carbocycles. The molecule has 3 rings (SSSR count). The Morgan fingerprint density at radius 2 is 1.80 bits per heavy atom. The fourth-order valence-electron chi connectivity index (χ4n) is 2.72. The Bertz CT molecular complexity index is 1050. The van der Waals surface area contributed by atoms with E-state index < -0.39 is 0 Å². The highest BCUT2D eigenvalue weighted by molar-refractivity contribution is 6.38. The van der Waals surface area contributed by atoms with Crippen LogP contribution in [0.25, 0.3) is 32.9 Å². The minimum absolute atomic E-state index is 0.221. The van der Waals surface area contributed by atoms with Gasteiger partial charge in [0, 0.05) is 26.6 Å². The highest BCUT2D eigenvalue weighted by atomic mass is 35.5. The van der Waals surface area contributed by atoms with Gasteiger partial charge in [-0.3, -0.25) is 0 Å². The lowest BCUT2D eigenvalue weighted by atomic mass is 9.96. The summed E-state index contributed by atoms with van der Waals surface area (Å²) in [7, 11) is 0. The van der Waals surface area contributed by atoms with Gasteiger partial charge in [0.25, 0.3) is 0 Å². The molecule has 0 aliphatic heterocycles. The summed E-state index contributed by atoms with van der Waals surface area (Å²) >= 11 is 18.4. The fraction of sp³-hybridized carbons (Fsp3) is 0.0556.